The van der Waals surface area contributed by atoms with Gasteiger partial charge in [-0.15, -0.1) is 0 Å². The van der Waals surface area contributed by atoms with Crippen LogP contribution in [0.5, 0.6) is 0 Å². The quantitative estimate of drug-likeness (QED) is 0.350. The molecule has 2 rings (SSSR count). The van der Waals surface area contributed by atoms with Crippen molar-refractivity contribution in [3.05, 3.63) is 36.7 Å². The predicted molar refractivity (Wildman–Crippen MR) is 117 cm³/mol. The summed E-state index contributed by atoms with van der Waals surface area (Å²) < 4.78 is 19.2. The smallest absolute Gasteiger partial charge is 0.374 e. The first-order valence-electron chi connectivity index (χ1n) is 10.5. The Morgan fingerprint density at radius 1 is 1.00 bits per heavy atom. The molecule has 0 radical (unpaired) electrons. The highest BCUT2D eigenvalue weighted by atomic mass is 28.4. The molecule has 0 saturated heterocycles. The zero-order valence-electron chi connectivity index (χ0n) is 18.1. The van der Waals surface area contributed by atoms with E-state index in [1.165, 1.54) is 0 Å². The van der Waals surface area contributed by atoms with Gasteiger partial charge in [-0.25, -0.2) is 4.79 Å². The average Bonchev–Trinajstić information content (AvgIpc) is 3.21. The number of amides is 2. The van der Waals surface area contributed by atoms with Gasteiger partial charge in [0.2, 0.25) is 0 Å². The minimum atomic E-state index is -2.65. The van der Waals surface area contributed by atoms with Crippen molar-refractivity contribution < 1.29 is 18.1 Å². The van der Waals surface area contributed by atoms with Crippen molar-refractivity contribution in [2.45, 2.75) is 39.8 Å². The molecule has 0 atom stereocenters. The summed E-state index contributed by atoms with van der Waals surface area (Å²) >= 11 is 0. The Bertz CT molecular complexity index is 727. The zero-order valence-corrected chi connectivity index (χ0v) is 19.1. The van der Waals surface area contributed by atoms with E-state index < -0.39 is 8.80 Å². The molecule has 0 aliphatic rings. The number of rotatable bonds is 14. The Morgan fingerprint density at radius 3 is 2.33 bits per heavy atom. The van der Waals surface area contributed by atoms with Crippen LogP contribution in [0.2, 0.25) is 6.04 Å². The fraction of sp³-hybridized carbons (Fsp3) is 0.550. The summed E-state index contributed by atoms with van der Waals surface area (Å²) in [4.78, 5) is 16.3. The number of carbonyl (C=O) groups excluding carboxylic acids is 1. The molecule has 166 valence electrons. The van der Waals surface area contributed by atoms with Crippen LogP contribution in [0.3, 0.4) is 0 Å². The molecule has 0 saturated carbocycles. The van der Waals surface area contributed by atoms with Crippen LogP contribution in [-0.2, 0) is 19.8 Å². The summed E-state index contributed by atoms with van der Waals surface area (Å²) in [5.41, 5.74) is 1.64. The van der Waals surface area contributed by atoms with Gasteiger partial charge in [0.05, 0.1) is 12.2 Å². The molecule has 0 aromatic carbocycles. The SMILES string of the molecule is CCO[Si](CCCNC(=O)NCCn1ccc(-c2ccccn2)n1)(OCC)OCC. The first-order valence-corrected chi connectivity index (χ1v) is 12.4. The first kappa shape index (κ1) is 24.0. The predicted octanol–water partition coefficient (Wildman–Crippen LogP) is 2.68. The molecule has 9 nitrogen and oxygen atoms in total. The number of pyridine rings is 1. The Kier molecular flexibility index (Phi) is 10.5. The molecule has 0 aliphatic carbocycles. The number of aromatic nitrogens is 3. The molecule has 0 unspecified atom stereocenters. The summed E-state index contributed by atoms with van der Waals surface area (Å²) in [6.45, 7) is 9.04. The van der Waals surface area contributed by atoms with Crippen LogP contribution in [0.25, 0.3) is 11.4 Å². The lowest BCUT2D eigenvalue weighted by Gasteiger charge is -2.28. The van der Waals surface area contributed by atoms with Gasteiger partial charge in [-0.1, -0.05) is 6.07 Å². The Balaban J connectivity index is 1.67. The lowest BCUT2D eigenvalue weighted by molar-refractivity contribution is 0.0708. The number of nitrogens with one attached hydrogen (secondary N) is 2. The minimum Gasteiger partial charge on any atom is -0.374 e. The molecule has 0 spiro atoms. The molecular formula is C20H33N5O4Si. The van der Waals surface area contributed by atoms with Gasteiger partial charge in [-0.3, -0.25) is 9.67 Å². The minimum absolute atomic E-state index is 0.205. The largest absolute Gasteiger partial charge is 0.500 e. The van der Waals surface area contributed by atoms with Gasteiger partial charge in [0.1, 0.15) is 5.69 Å². The molecule has 0 bridgehead atoms. The molecule has 10 heteroatoms. The lowest BCUT2D eigenvalue weighted by atomic mass is 10.3. The van der Waals surface area contributed by atoms with Gasteiger partial charge in [0.15, 0.2) is 0 Å². The second-order valence-corrected chi connectivity index (χ2v) is 9.18. The van der Waals surface area contributed by atoms with E-state index in [-0.39, 0.29) is 6.03 Å². The topological polar surface area (TPSA) is 99.5 Å². The van der Waals surface area contributed by atoms with Gasteiger partial charge in [0, 0.05) is 51.3 Å². The molecule has 2 heterocycles. The van der Waals surface area contributed by atoms with E-state index in [4.69, 9.17) is 13.3 Å². The summed E-state index contributed by atoms with van der Waals surface area (Å²) in [5, 5.41) is 10.2. The monoisotopic (exact) mass is 435 g/mol. The Labute approximate surface area is 179 Å². The second-order valence-electron chi connectivity index (χ2n) is 6.45. The first-order chi connectivity index (χ1) is 14.6. The molecule has 30 heavy (non-hydrogen) atoms. The van der Waals surface area contributed by atoms with E-state index in [9.17, 15) is 4.79 Å². The molecule has 2 aromatic rings. The highest BCUT2D eigenvalue weighted by Gasteiger charge is 2.39. The van der Waals surface area contributed by atoms with Crippen LogP contribution in [0.1, 0.15) is 27.2 Å². The molecule has 0 fully saturated rings. The summed E-state index contributed by atoms with van der Waals surface area (Å²) in [5.74, 6) is 0. The maximum atomic E-state index is 12.0. The fourth-order valence-corrected chi connectivity index (χ4v) is 5.60. The molecule has 0 aliphatic heterocycles. The van der Waals surface area contributed by atoms with Gasteiger partial charge < -0.3 is 23.9 Å². The van der Waals surface area contributed by atoms with E-state index in [0.29, 0.717) is 45.5 Å². The van der Waals surface area contributed by atoms with Crippen LogP contribution >= 0.6 is 0 Å². The van der Waals surface area contributed by atoms with E-state index >= 15 is 0 Å². The molecular weight excluding hydrogens is 402 g/mol. The third-order valence-electron chi connectivity index (χ3n) is 4.23. The van der Waals surface area contributed by atoms with Gasteiger partial charge in [-0.05, 0) is 45.4 Å². The van der Waals surface area contributed by atoms with Crippen LogP contribution in [0.4, 0.5) is 4.79 Å². The van der Waals surface area contributed by atoms with E-state index in [1.54, 1.807) is 10.9 Å². The van der Waals surface area contributed by atoms with Crippen LogP contribution in [-0.4, -0.2) is 62.5 Å². The van der Waals surface area contributed by atoms with Crippen molar-refractivity contribution in [3.63, 3.8) is 0 Å². The van der Waals surface area contributed by atoms with Gasteiger partial charge >= 0.3 is 14.8 Å². The van der Waals surface area contributed by atoms with Crippen molar-refractivity contribution >= 4 is 14.8 Å². The lowest BCUT2D eigenvalue weighted by Crippen LogP contribution is -2.46. The molecule has 2 amide bonds. The summed E-state index contributed by atoms with van der Waals surface area (Å²) in [6, 6.07) is 8.09. The van der Waals surface area contributed by atoms with Gasteiger partial charge in [-0.2, -0.15) is 5.10 Å². The van der Waals surface area contributed by atoms with Crippen LogP contribution in [0.15, 0.2) is 36.7 Å². The zero-order chi connectivity index (χ0) is 21.7. The summed E-state index contributed by atoms with van der Waals surface area (Å²) in [7, 11) is -2.65. The van der Waals surface area contributed by atoms with Crippen LogP contribution in [0, 0.1) is 0 Å². The Hall–Kier alpha value is -2.27. The average molecular weight is 436 g/mol. The number of nitrogens with zero attached hydrogens (tertiary/aromatic N) is 3. The highest BCUT2D eigenvalue weighted by molar-refractivity contribution is 6.60. The van der Waals surface area contributed by atoms with E-state index in [1.807, 2.05) is 51.2 Å². The van der Waals surface area contributed by atoms with Crippen molar-refractivity contribution in [1.29, 1.82) is 0 Å². The highest BCUT2D eigenvalue weighted by Crippen LogP contribution is 2.17. The van der Waals surface area contributed by atoms with E-state index in [2.05, 4.69) is 20.7 Å². The van der Waals surface area contributed by atoms with E-state index in [0.717, 1.165) is 17.8 Å². The third kappa shape index (κ3) is 7.86. The Morgan fingerprint density at radius 2 is 1.70 bits per heavy atom. The normalized spacial score (nSPS) is 11.4. The maximum absolute atomic E-state index is 12.0. The fourth-order valence-electron chi connectivity index (χ4n) is 2.99. The maximum Gasteiger partial charge on any atom is 0.500 e. The van der Waals surface area contributed by atoms with Crippen molar-refractivity contribution in [1.82, 2.24) is 25.4 Å². The molecule has 2 N–H and O–H groups in total. The standard InChI is InChI=1S/C20H33N5O4Si/c1-4-27-30(28-5-2,29-6-3)17-9-13-22-20(26)23-14-16-25-15-11-19(24-25)18-10-7-8-12-21-18/h7-8,10-12,15H,4-6,9,13-14,16-17H2,1-3H3,(H2,22,23,26). The number of hydrogen-bond donors (Lipinski definition) is 2. The summed E-state index contributed by atoms with van der Waals surface area (Å²) in [6.07, 6.45) is 4.35. The molecule has 2 aromatic heterocycles. The number of carbonyl (C=O) groups is 1. The van der Waals surface area contributed by atoms with Crippen molar-refractivity contribution in [2.75, 3.05) is 32.9 Å². The number of hydrogen-bond acceptors (Lipinski definition) is 6. The third-order valence-corrected chi connectivity index (χ3v) is 7.38. The van der Waals surface area contributed by atoms with Crippen molar-refractivity contribution in [3.8, 4) is 11.4 Å². The second kappa shape index (κ2) is 13.1. The van der Waals surface area contributed by atoms with Crippen LogP contribution < -0.4 is 10.6 Å². The van der Waals surface area contributed by atoms with Crippen molar-refractivity contribution in [2.24, 2.45) is 0 Å². The van der Waals surface area contributed by atoms with Gasteiger partial charge in [0.25, 0.3) is 0 Å². The number of urea groups is 1.